The van der Waals surface area contributed by atoms with E-state index in [9.17, 15) is 0 Å². The first-order valence-corrected chi connectivity index (χ1v) is 7.81. The average Bonchev–Trinajstić information content (AvgIpc) is 3.01. The van der Waals surface area contributed by atoms with Gasteiger partial charge in [0.2, 0.25) is 0 Å². The summed E-state index contributed by atoms with van der Waals surface area (Å²) in [5.74, 6) is 0. The molecule has 1 aromatic heterocycles. The highest BCUT2D eigenvalue weighted by Gasteiger charge is 2.42. The molecule has 2 aliphatic rings. The minimum Gasteiger partial charge on any atom is -0.376 e. The molecule has 1 aliphatic heterocycles. The number of hydrogen-bond acceptors (Lipinski definition) is 4. The fraction of sp³-hybridized carbons (Fsp3) is 0.714. The summed E-state index contributed by atoms with van der Waals surface area (Å²) in [6.07, 6.45) is 2.95. The van der Waals surface area contributed by atoms with E-state index in [4.69, 9.17) is 9.47 Å². The Bertz CT molecular complexity index is 368. The third kappa shape index (κ3) is 2.48. The summed E-state index contributed by atoms with van der Waals surface area (Å²) in [6, 6.07) is 2.78. The lowest BCUT2D eigenvalue weighted by Crippen LogP contribution is -2.51. The van der Waals surface area contributed by atoms with Gasteiger partial charge in [-0.05, 0) is 42.2 Å². The molecule has 0 radical (unpaired) electrons. The van der Waals surface area contributed by atoms with Gasteiger partial charge in [-0.3, -0.25) is 4.90 Å². The van der Waals surface area contributed by atoms with Crippen molar-refractivity contribution >= 4 is 11.3 Å². The predicted molar refractivity (Wildman–Crippen MR) is 72.9 cm³/mol. The summed E-state index contributed by atoms with van der Waals surface area (Å²) in [5.41, 5.74) is 1.43. The maximum Gasteiger partial charge on any atom is 0.0992 e. The number of fused-ring (bicyclic) bond motifs is 1. The van der Waals surface area contributed by atoms with Gasteiger partial charge in [-0.1, -0.05) is 0 Å². The molecular weight excluding hydrogens is 246 g/mol. The monoisotopic (exact) mass is 267 g/mol. The number of ether oxygens (including phenoxy) is 2. The molecule has 100 valence electrons. The van der Waals surface area contributed by atoms with Crippen molar-refractivity contribution in [1.29, 1.82) is 0 Å². The van der Waals surface area contributed by atoms with Crippen LogP contribution in [-0.4, -0.2) is 42.9 Å². The van der Waals surface area contributed by atoms with Gasteiger partial charge in [0.05, 0.1) is 18.8 Å². The van der Waals surface area contributed by atoms with Crippen molar-refractivity contribution in [3.8, 4) is 0 Å². The highest BCUT2D eigenvalue weighted by molar-refractivity contribution is 7.07. The van der Waals surface area contributed by atoms with Crippen molar-refractivity contribution in [1.82, 2.24) is 4.90 Å². The van der Waals surface area contributed by atoms with Gasteiger partial charge in [0, 0.05) is 25.7 Å². The van der Waals surface area contributed by atoms with Crippen molar-refractivity contribution in [3.63, 3.8) is 0 Å². The molecule has 3 rings (SSSR count). The van der Waals surface area contributed by atoms with E-state index in [0.717, 1.165) is 32.7 Å². The molecule has 4 heteroatoms. The minimum absolute atomic E-state index is 0.289. The Morgan fingerprint density at radius 2 is 2.44 bits per heavy atom. The van der Waals surface area contributed by atoms with E-state index in [1.54, 1.807) is 11.3 Å². The van der Waals surface area contributed by atoms with Crippen LogP contribution in [0.25, 0.3) is 0 Å². The lowest BCUT2D eigenvalue weighted by Gasteiger charge is -2.38. The fourth-order valence-electron chi connectivity index (χ4n) is 3.20. The smallest absolute Gasteiger partial charge is 0.0992 e. The third-order valence-electron chi connectivity index (χ3n) is 4.00. The van der Waals surface area contributed by atoms with E-state index < -0.39 is 0 Å². The fourth-order valence-corrected chi connectivity index (χ4v) is 3.86. The lowest BCUT2D eigenvalue weighted by molar-refractivity contribution is -0.113. The molecule has 0 unspecified atom stereocenters. The SMILES string of the molecule is CCO[C@@H]1CC[C@@H]2[C@@H]1OCCN2Cc1ccsc1. The van der Waals surface area contributed by atoms with Crippen LogP contribution in [0.5, 0.6) is 0 Å². The normalized spacial score (nSPS) is 32.6. The maximum atomic E-state index is 5.95. The Morgan fingerprint density at radius 3 is 3.22 bits per heavy atom. The van der Waals surface area contributed by atoms with Gasteiger partial charge in [0.15, 0.2) is 0 Å². The molecule has 0 aromatic carbocycles. The van der Waals surface area contributed by atoms with Crippen LogP contribution >= 0.6 is 11.3 Å². The van der Waals surface area contributed by atoms with Crippen molar-refractivity contribution < 1.29 is 9.47 Å². The van der Waals surface area contributed by atoms with Gasteiger partial charge < -0.3 is 9.47 Å². The van der Waals surface area contributed by atoms with Crippen LogP contribution in [0, 0.1) is 0 Å². The van der Waals surface area contributed by atoms with Crippen LogP contribution in [0.2, 0.25) is 0 Å². The van der Waals surface area contributed by atoms with E-state index in [1.807, 2.05) is 0 Å². The second-order valence-corrected chi connectivity index (χ2v) is 5.86. The largest absolute Gasteiger partial charge is 0.376 e. The van der Waals surface area contributed by atoms with Crippen LogP contribution in [0.15, 0.2) is 16.8 Å². The summed E-state index contributed by atoms with van der Waals surface area (Å²) in [5, 5.41) is 4.41. The second kappa shape index (κ2) is 5.70. The molecule has 3 nitrogen and oxygen atoms in total. The first kappa shape index (κ1) is 12.6. The van der Waals surface area contributed by atoms with Crippen LogP contribution in [-0.2, 0) is 16.0 Å². The van der Waals surface area contributed by atoms with E-state index >= 15 is 0 Å². The summed E-state index contributed by atoms with van der Waals surface area (Å²) in [4.78, 5) is 2.58. The summed E-state index contributed by atoms with van der Waals surface area (Å²) < 4.78 is 11.8. The van der Waals surface area contributed by atoms with E-state index in [2.05, 4.69) is 28.7 Å². The van der Waals surface area contributed by atoms with Crippen molar-refractivity contribution in [2.75, 3.05) is 19.8 Å². The van der Waals surface area contributed by atoms with Gasteiger partial charge in [0.25, 0.3) is 0 Å². The Morgan fingerprint density at radius 1 is 1.50 bits per heavy atom. The maximum absolute atomic E-state index is 5.95. The molecular formula is C14H21NO2S. The average molecular weight is 267 g/mol. The van der Waals surface area contributed by atoms with Gasteiger partial charge in [-0.15, -0.1) is 0 Å². The lowest BCUT2D eigenvalue weighted by atomic mass is 10.1. The zero-order valence-corrected chi connectivity index (χ0v) is 11.7. The number of thiophene rings is 1. The Labute approximate surface area is 113 Å². The van der Waals surface area contributed by atoms with Crippen LogP contribution < -0.4 is 0 Å². The third-order valence-corrected chi connectivity index (χ3v) is 4.73. The van der Waals surface area contributed by atoms with Crippen LogP contribution in [0.3, 0.4) is 0 Å². The molecule has 1 aromatic rings. The van der Waals surface area contributed by atoms with E-state index in [0.29, 0.717) is 12.1 Å². The number of nitrogens with zero attached hydrogens (tertiary/aromatic N) is 1. The predicted octanol–water partition coefficient (Wildman–Crippen LogP) is 2.52. The Hall–Kier alpha value is -0.420. The highest BCUT2D eigenvalue weighted by Crippen LogP contribution is 2.33. The molecule has 1 aliphatic carbocycles. The molecule has 0 bridgehead atoms. The molecule has 3 atom stereocenters. The minimum atomic E-state index is 0.289. The molecule has 0 spiro atoms. The molecule has 18 heavy (non-hydrogen) atoms. The van der Waals surface area contributed by atoms with Gasteiger partial charge in [-0.25, -0.2) is 0 Å². The standard InChI is InChI=1S/C14H21NO2S/c1-2-16-13-4-3-12-14(13)17-7-6-15(12)9-11-5-8-18-10-11/h5,8,10,12-14H,2-4,6-7,9H2,1H3/t12-,13-,14+/m1/s1. The number of morpholine rings is 1. The van der Waals surface area contributed by atoms with Crippen molar-refractivity contribution in [2.24, 2.45) is 0 Å². The van der Waals surface area contributed by atoms with Gasteiger partial charge in [-0.2, -0.15) is 11.3 Å². The molecule has 0 N–H and O–H groups in total. The number of hydrogen-bond donors (Lipinski definition) is 0. The quantitative estimate of drug-likeness (QED) is 0.836. The topological polar surface area (TPSA) is 21.7 Å². The molecule has 1 saturated heterocycles. The highest BCUT2D eigenvalue weighted by atomic mass is 32.1. The van der Waals surface area contributed by atoms with Crippen LogP contribution in [0.4, 0.5) is 0 Å². The first-order chi connectivity index (χ1) is 8.88. The van der Waals surface area contributed by atoms with Crippen molar-refractivity contribution in [3.05, 3.63) is 22.4 Å². The number of rotatable bonds is 4. The zero-order valence-electron chi connectivity index (χ0n) is 10.9. The molecule has 2 fully saturated rings. The Balaban J connectivity index is 1.66. The summed E-state index contributed by atoms with van der Waals surface area (Å²) in [6.45, 7) is 5.82. The summed E-state index contributed by atoms with van der Waals surface area (Å²) in [7, 11) is 0. The van der Waals surface area contributed by atoms with Gasteiger partial charge >= 0.3 is 0 Å². The molecule has 2 heterocycles. The molecule has 0 amide bonds. The first-order valence-electron chi connectivity index (χ1n) is 6.87. The van der Waals surface area contributed by atoms with Gasteiger partial charge in [0.1, 0.15) is 0 Å². The summed E-state index contributed by atoms with van der Waals surface area (Å²) >= 11 is 1.78. The Kier molecular flexibility index (Phi) is 3.99. The van der Waals surface area contributed by atoms with Crippen LogP contribution in [0.1, 0.15) is 25.3 Å². The second-order valence-electron chi connectivity index (χ2n) is 5.08. The van der Waals surface area contributed by atoms with E-state index in [-0.39, 0.29) is 6.10 Å². The van der Waals surface area contributed by atoms with E-state index in [1.165, 1.54) is 12.0 Å². The zero-order chi connectivity index (χ0) is 12.4. The van der Waals surface area contributed by atoms with Crippen molar-refractivity contribution in [2.45, 2.75) is 44.6 Å². The molecule has 1 saturated carbocycles.